The second-order valence-electron chi connectivity index (χ2n) is 10.6. The lowest BCUT2D eigenvalue weighted by molar-refractivity contribution is 0.147. The number of halogens is 2. The molecule has 0 bridgehead atoms. The Bertz CT molecular complexity index is 1460. The number of alkyl carbamates (subject to hydrolysis) is 1. The Kier molecular flexibility index (Phi) is 10.3. The first-order valence-corrected chi connectivity index (χ1v) is 15.2. The fourth-order valence-electron chi connectivity index (χ4n) is 5.14. The largest absolute Gasteiger partial charge is 0.436 e. The van der Waals surface area contributed by atoms with Crippen LogP contribution in [-0.4, -0.2) is 63.6 Å². The Morgan fingerprint density at radius 3 is 2.79 bits per heavy atom. The number of nitrogens with zero attached hydrogens (tertiary/aromatic N) is 4. The average molecular weight is 592 g/mol. The highest BCUT2D eigenvalue weighted by molar-refractivity contribution is 7.99. The van der Waals surface area contributed by atoms with Crippen LogP contribution in [0.5, 0.6) is 0 Å². The van der Waals surface area contributed by atoms with Crippen molar-refractivity contribution in [2.45, 2.75) is 61.4 Å². The van der Waals surface area contributed by atoms with E-state index in [0.29, 0.717) is 11.7 Å². The number of rotatable bonds is 8. The molecule has 5 rings (SSSR count). The van der Waals surface area contributed by atoms with E-state index in [1.165, 1.54) is 6.07 Å². The van der Waals surface area contributed by atoms with Crippen molar-refractivity contribution in [3.63, 3.8) is 0 Å². The molecule has 3 aromatic rings. The number of allylic oxidation sites excluding steroid dienone is 1. The van der Waals surface area contributed by atoms with Gasteiger partial charge in [0.05, 0.1) is 17.4 Å². The van der Waals surface area contributed by atoms with Crippen LogP contribution in [0.2, 0.25) is 0 Å². The molecule has 0 saturated carbocycles. The predicted octanol–water partition coefficient (Wildman–Crippen LogP) is 5.70. The molecule has 1 unspecified atom stereocenters. The number of aryl methyl sites for hydroxylation is 2. The van der Waals surface area contributed by atoms with Gasteiger partial charge in [0, 0.05) is 29.4 Å². The van der Waals surface area contributed by atoms with Crippen molar-refractivity contribution >= 4 is 17.9 Å². The van der Waals surface area contributed by atoms with E-state index in [1.807, 2.05) is 19.2 Å². The first kappa shape index (κ1) is 29.8. The molecule has 2 aliphatic rings. The molecule has 0 spiro atoms. The number of ether oxygens (including phenoxy) is 1. The van der Waals surface area contributed by atoms with Gasteiger partial charge in [0.2, 0.25) is 0 Å². The molecular formula is C32H35F2N5O2S. The Labute approximate surface area is 249 Å². The summed E-state index contributed by atoms with van der Waals surface area (Å²) in [6.07, 6.45) is 15.0. The minimum absolute atomic E-state index is 0.0723. The maximum Gasteiger partial charge on any atom is 0.408 e. The van der Waals surface area contributed by atoms with Crippen molar-refractivity contribution in [1.29, 1.82) is 0 Å². The molecule has 1 fully saturated rings. The zero-order valence-electron chi connectivity index (χ0n) is 23.7. The molecule has 42 heavy (non-hydrogen) atoms. The number of carbonyl (C=O) groups excluding carboxylic acids is 1. The molecule has 1 saturated heterocycles. The number of pyridine rings is 1. The number of amides is 1. The summed E-state index contributed by atoms with van der Waals surface area (Å²) in [5.41, 5.74) is 1.96. The number of hydrogen-bond donors (Lipinski definition) is 1. The van der Waals surface area contributed by atoms with Crippen molar-refractivity contribution in [1.82, 2.24) is 24.8 Å². The lowest BCUT2D eigenvalue weighted by atomic mass is 10.0. The lowest BCUT2D eigenvalue weighted by Crippen LogP contribution is -2.43. The van der Waals surface area contributed by atoms with E-state index >= 15 is 4.39 Å². The van der Waals surface area contributed by atoms with Gasteiger partial charge < -0.3 is 15.0 Å². The Morgan fingerprint density at radius 2 is 2.02 bits per heavy atom. The van der Waals surface area contributed by atoms with Crippen LogP contribution < -0.4 is 5.32 Å². The third-order valence-electron chi connectivity index (χ3n) is 7.50. The van der Waals surface area contributed by atoms with Gasteiger partial charge in [-0.2, -0.15) is 0 Å². The zero-order valence-corrected chi connectivity index (χ0v) is 24.5. The van der Waals surface area contributed by atoms with Crippen LogP contribution in [-0.2, 0) is 17.6 Å². The molecule has 3 heterocycles. The third kappa shape index (κ3) is 7.99. The summed E-state index contributed by atoms with van der Waals surface area (Å²) in [5.74, 6) is 4.05. The molecule has 0 radical (unpaired) electrons. The van der Waals surface area contributed by atoms with Crippen molar-refractivity contribution in [3.05, 3.63) is 83.5 Å². The fraction of sp³-hybridized carbons (Fsp3) is 0.406. The van der Waals surface area contributed by atoms with Crippen molar-refractivity contribution in [2.24, 2.45) is 0 Å². The van der Waals surface area contributed by atoms with Gasteiger partial charge in [0.25, 0.3) is 0 Å². The first-order valence-electron chi connectivity index (χ1n) is 14.3. The van der Waals surface area contributed by atoms with Gasteiger partial charge in [-0.1, -0.05) is 35.8 Å². The standard InChI is InChI=1S/C32H35F2N5O2S/c1-38-16-13-25(14-17-38)37-32(40)41-18-6-7-23-19-30(34)24(20-29(23)33)11-12-27-22-36-31(42-28-9-3-2-4-10-28)39(27)26-8-5-15-35-21-26/h3,5,8-9,15,19-22,25,28H,2,4,10-14,16-18H2,1H3,(H,37,40). The van der Waals surface area contributed by atoms with E-state index in [4.69, 9.17) is 4.74 Å². The normalized spacial score (nSPS) is 17.5. The lowest BCUT2D eigenvalue weighted by Gasteiger charge is -2.28. The molecule has 1 atom stereocenters. The number of thioether (sulfide) groups is 1. The molecule has 2 aromatic heterocycles. The fourth-order valence-corrected chi connectivity index (χ4v) is 6.32. The number of likely N-dealkylation sites (tertiary alicyclic amines) is 1. The molecule has 1 aromatic carbocycles. The van der Waals surface area contributed by atoms with Crippen LogP contribution in [0.4, 0.5) is 13.6 Å². The topological polar surface area (TPSA) is 72.3 Å². The molecule has 1 aliphatic heterocycles. The molecule has 10 heteroatoms. The number of hydrogen-bond acceptors (Lipinski definition) is 6. The minimum atomic E-state index is -0.615. The summed E-state index contributed by atoms with van der Waals surface area (Å²) in [6, 6.07) is 6.21. The van der Waals surface area contributed by atoms with E-state index < -0.39 is 17.7 Å². The van der Waals surface area contributed by atoms with Gasteiger partial charge in [-0.3, -0.25) is 9.55 Å². The highest BCUT2D eigenvalue weighted by Gasteiger charge is 2.20. The number of aromatic nitrogens is 3. The van der Waals surface area contributed by atoms with Gasteiger partial charge in [-0.05, 0) is 94.9 Å². The van der Waals surface area contributed by atoms with Crippen molar-refractivity contribution in [3.8, 4) is 17.5 Å². The quantitative estimate of drug-likeness (QED) is 0.268. The van der Waals surface area contributed by atoms with Gasteiger partial charge in [0.15, 0.2) is 11.8 Å². The summed E-state index contributed by atoms with van der Waals surface area (Å²) < 4.78 is 37.0. The van der Waals surface area contributed by atoms with Crippen LogP contribution in [0, 0.1) is 23.5 Å². The van der Waals surface area contributed by atoms with Crippen LogP contribution >= 0.6 is 11.8 Å². The monoisotopic (exact) mass is 591 g/mol. The number of benzene rings is 1. The van der Waals surface area contributed by atoms with E-state index in [-0.39, 0.29) is 30.2 Å². The van der Waals surface area contributed by atoms with Crippen LogP contribution in [0.3, 0.4) is 0 Å². The van der Waals surface area contributed by atoms with Crippen LogP contribution in [0.25, 0.3) is 5.69 Å². The van der Waals surface area contributed by atoms with Crippen LogP contribution in [0.15, 0.2) is 60.2 Å². The summed E-state index contributed by atoms with van der Waals surface area (Å²) in [6.45, 7) is 1.62. The maximum atomic E-state index is 15.0. The maximum absolute atomic E-state index is 15.0. The van der Waals surface area contributed by atoms with E-state index in [0.717, 1.165) is 67.8 Å². The first-order chi connectivity index (χ1) is 20.5. The summed E-state index contributed by atoms with van der Waals surface area (Å²) in [4.78, 5) is 23.2. The Balaban J connectivity index is 1.21. The average Bonchev–Trinajstić information content (AvgIpc) is 3.40. The molecule has 1 aliphatic carbocycles. The second-order valence-corrected chi connectivity index (χ2v) is 11.8. The van der Waals surface area contributed by atoms with Gasteiger partial charge >= 0.3 is 6.09 Å². The van der Waals surface area contributed by atoms with Crippen LogP contribution in [0.1, 0.15) is 48.9 Å². The number of nitrogens with one attached hydrogen (secondary N) is 1. The number of imidazole rings is 1. The summed E-state index contributed by atoms with van der Waals surface area (Å²) in [7, 11) is 2.05. The van der Waals surface area contributed by atoms with Crippen molar-refractivity contribution < 1.29 is 18.3 Å². The SMILES string of the molecule is CN1CCC(NC(=O)OCC#Cc2cc(F)c(CCc3cnc(SC4C=CCCC4)n3-c3cccnc3)cc2F)CC1. The minimum Gasteiger partial charge on any atom is -0.436 e. The molecule has 220 valence electrons. The highest BCUT2D eigenvalue weighted by atomic mass is 32.2. The van der Waals surface area contributed by atoms with Gasteiger partial charge in [0.1, 0.15) is 11.6 Å². The van der Waals surface area contributed by atoms with Gasteiger partial charge in [-0.15, -0.1) is 0 Å². The molecule has 7 nitrogen and oxygen atoms in total. The smallest absolute Gasteiger partial charge is 0.408 e. The highest BCUT2D eigenvalue weighted by Crippen LogP contribution is 2.32. The summed E-state index contributed by atoms with van der Waals surface area (Å²) in [5, 5.41) is 4.03. The Hall–Kier alpha value is -3.68. The van der Waals surface area contributed by atoms with E-state index in [9.17, 15) is 9.18 Å². The third-order valence-corrected chi connectivity index (χ3v) is 8.69. The number of piperidine rings is 1. The molecule has 1 N–H and O–H groups in total. The molecule has 1 amide bonds. The zero-order chi connectivity index (χ0) is 29.3. The second kappa shape index (κ2) is 14.5. The molecular weight excluding hydrogens is 556 g/mol. The predicted molar refractivity (Wildman–Crippen MR) is 160 cm³/mol. The van der Waals surface area contributed by atoms with E-state index in [1.54, 1.807) is 30.4 Å². The summed E-state index contributed by atoms with van der Waals surface area (Å²) >= 11 is 1.71. The van der Waals surface area contributed by atoms with Crippen molar-refractivity contribution in [2.75, 3.05) is 26.7 Å². The Morgan fingerprint density at radius 1 is 1.17 bits per heavy atom. The number of carbonyl (C=O) groups is 1. The van der Waals surface area contributed by atoms with Gasteiger partial charge in [-0.25, -0.2) is 18.6 Å². The van der Waals surface area contributed by atoms with E-state index in [2.05, 4.69) is 48.7 Å².